The summed E-state index contributed by atoms with van der Waals surface area (Å²) in [4.78, 5) is 26.1. The van der Waals surface area contributed by atoms with Crippen LogP contribution in [0.3, 0.4) is 0 Å². The molecule has 2 amide bonds. The Morgan fingerprint density at radius 1 is 1.23 bits per heavy atom. The van der Waals surface area contributed by atoms with Gasteiger partial charge in [0.2, 0.25) is 5.13 Å². The standard InChI is InChI=1S/C23H32N6OS/c1-17-24-21(31-25-17)28-11-8-18(15-28)14-27-12-9-23(10-13-27)16-29(22(30)26(2)3)20-7-5-4-6-19(20)23/h4-7,18H,8-16H2,1-3H3/t18-/m1/s1. The lowest BCUT2D eigenvalue weighted by Gasteiger charge is -2.40. The number of fused-ring (bicyclic) bond motifs is 2. The molecule has 0 bridgehead atoms. The zero-order chi connectivity index (χ0) is 21.6. The first kappa shape index (κ1) is 20.7. The lowest BCUT2D eigenvalue weighted by atomic mass is 9.74. The first-order valence-corrected chi connectivity index (χ1v) is 12.1. The molecule has 1 aromatic heterocycles. The fraction of sp³-hybridized carbons (Fsp3) is 0.609. The molecule has 31 heavy (non-hydrogen) atoms. The van der Waals surface area contributed by atoms with Crippen molar-refractivity contribution in [1.29, 1.82) is 0 Å². The highest BCUT2D eigenvalue weighted by atomic mass is 32.1. The second-order valence-corrected chi connectivity index (χ2v) is 10.3. The Morgan fingerprint density at radius 2 is 2.00 bits per heavy atom. The normalized spacial score (nSPS) is 22.9. The SMILES string of the molecule is Cc1nsc(N2CC[C@H](CN3CCC4(CC3)CN(C(=O)N(C)C)c3ccccc34)C2)n1. The van der Waals surface area contributed by atoms with Crippen molar-refractivity contribution in [2.45, 2.75) is 31.6 Å². The molecule has 8 heteroatoms. The summed E-state index contributed by atoms with van der Waals surface area (Å²) in [7, 11) is 3.68. The van der Waals surface area contributed by atoms with Gasteiger partial charge in [0.1, 0.15) is 5.82 Å². The first-order valence-electron chi connectivity index (χ1n) is 11.3. The number of aromatic nitrogens is 2. The van der Waals surface area contributed by atoms with Gasteiger partial charge < -0.3 is 14.7 Å². The van der Waals surface area contributed by atoms with E-state index >= 15 is 0 Å². The fourth-order valence-corrected chi connectivity index (χ4v) is 6.28. The zero-order valence-electron chi connectivity index (χ0n) is 18.8. The van der Waals surface area contributed by atoms with E-state index in [1.54, 1.807) is 4.90 Å². The van der Waals surface area contributed by atoms with E-state index in [1.165, 1.54) is 23.5 Å². The quantitative estimate of drug-likeness (QED) is 0.734. The van der Waals surface area contributed by atoms with E-state index in [2.05, 4.69) is 37.4 Å². The average Bonchev–Trinajstić information content (AvgIpc) is 3.48. The number of amides is 2. The molecule has 2 fully saturated rings. The summed E-state index contributed by atoms with van der Waals surface area (Å²) < 4.78 is 4.34. The number of hydrogen-bond donors (Lipinski definition) is 0. The van der Waals surface area contributed by atoms with Crippen LogP contribution in [0.15, 0.2) is 24.3 Å². The number of aryl methyl sites for hydroxylation is 1. The number of para-hydroxylation sites is 1. The average molecular weight is 441 g/mol. The van der Waals surface area contributed by atoms with Crippen LogP contribution in [-0.4, -0.2) is 78.6 Å². The Kier molecular flexibility index (Phi) is 5.38. The van der Waals surface area contributed by atoms with E-state index in [0.717, 1.165) is 68.8 Å². The van der Waals surface area contributed by atoms with Gasteiger partial charge in [-0.2, -0.15) is 4.37 Å². The van der Waals surface area contributed by atoms with Crippen molar-refractivity contribution in [3.63, 3.8) is 0 Å². The van der Waals surface area contributed by atoms with Crippen molar-refractivity contribution in [2.24, 2.45) is 5.92 Å². The lowest BCUT2D eigenvalue weighted by Crippen LogP contribution is -2.48. The summed E-state index contributed by atoms with van der Waals surface area (Å²) >= 11 is 1.52. The molecule has 3 aliphatic heterocycles. The minimum atomic E-state index is 0.0877. The molecule has 1 spiro atoms. The van der Waals surface area contributed by atoms with E-state index in [-0.39, 0.29) is 11.4 Å². The lowest BCUT2D eigenvalue weighted by molar-refractivity contribution is 0.148. The van der Waals surface area contributed by atoms with Crippen LogP contribution in [0.1, 0.15) is 30.7 Å². The predicted octanol–water partition coefficient (Wildman–Crippen LogP) is 3.21. The van der Waals surface area contributed by atoms with Crippen LogP contribution in [0, 0.1) is 12.8 Å². The summed E-state index contributed by atoms with van der Waals surface area (Å²) in [5, 5.41) is 1.07. The Morgan fingerprint density at radius 3 is 2.71 bits per heavy atom. The van der Waals surface area contributed by atoms with Crippen LogP contribution in [0.25, 0.3) is 0 Å². The van der Waals surface area contributed by atoms with E-state index in [9.17, 15) is 4.79 Å². The number of anilines is 2. The monoisotopic (exact) mass is 440 g/mol. The van der Waals surface area contributed by atoms with Crippen molar-refractivity contribution in [2.75, 3.05) is 63.2 Å². The van der Waals surface area contributed by atoms with Gasteiger partial charge in [0.15, 0.2) is 0 Å². The highest BCUT2D eigenvalue weighted by Crippen LogP contribution is 2.47. The third-order valence-electron chi connectivity index (χ3n) is 7.24. The third kappa shape index (κ3) is 3.80. The van der Waals surface area contributed by atoms with Gasteiger partial charge in [-0.15, -0.1) is 0 Å². The molecule has 0 aliphatic carbocycles. The Hall–Kier alpha value is -2.19. The molecule has 2 aromatic rings. The van der Waals surface area contributed by atoms with Crippen LogP contribution in [0.4, 0.5) is 15.6 Å². The number of nitrogens with zero attached hydrogens (tertiary/aromatic N) is 6. The second-order valence-electron chi connectivity index (χ2n) is 9.59. The van der Waals surface area contributed by atoms with E-state index < -0.39 is 0 Å². The number of rotatable bonds is 3. The van der Waals surface area contributed by atoms with Gasteiger partial charge in [0, 0.05) is 62.9 Å². The van der Waals surface area contributed by atoms with Crippen LogP contribution >= 0.6 is 11.5 Å². The molecule has 3 aliphatic rings. The minimum Gasteiger partial charge on any atom is -0.347 e. The molecule has 166 valence electrons. The fourth-order valence-electron chi connectivity index (χ4n) is 5.57. The van der Waals surface area contributed by atoms with Gasteiger partial charge in [0.05, 0.1) is 0 Å². The Balaban J connectivity index is 1.22. The second kappa shape index (κ2) is 8.06. The van der Waals surface area contributed by atoms with Gasteiger partial charge in [-0.25, -0.2) is 9.78 Å². The molecule has 7 nitrogen and oxygen atoms in total. The number of carbonyl (C=O) groups is 1. The minimum absolute atomic E-state index is 0.0877. The summed E-state index contributed by atoms with van der Waals surface area (Å²) in [6, 6.07) is 8.62. The molecular weight excluding hydrogens is 408 g/mol. The molecule has 0 N–H and O–H groups in total. The molecular formula is C23H32N6OS. The number of hydrogen-bond acceptors (Lipinski definition) is 6. The van der Waals surface area contributed by atoms with Crippen molar-refractivity contribution < 1.29 is 4.79 Å². The number of piperidine rings is 1. The van der Waals surface area contributed by atoms with Crippen molar-refractivity contribution in [3.8, 4) is 0 Å². The van der Waals surface area contributed by atoms with Crippen molar-refractivity contribution in [3.05, 3.63) is 35.7 Å². The molecule has 0 unspecified atom stereocenters. The van der Waals surface area contributed by atoms with Gasteiger partial charge in [0.25, 0.3) is 0 Å². The highest BCUT2D eigenvalue weighted by Gasteiger charge is 2.46. The topological polar surface area (TPSA) is 55.8 Å². The van der Waals surface area contributed by atoms with Crippen LogP contribution < -0.4 is 9.80 Å². The maximum absolute atomic E-state index is 12.8. The molecule has 0 saturated carbocycles. The maximum Gasteiger partial charge on any atom is 0.323 e. The Bertz CT molecular complexity index is 951. The number of likely N-dealkylation sites (tertiary alicyclic amines) is 1. The molecule has 2 saturated heterocycles. The van der Waals surface area contributed by atoms with Gasteiger partial charge in [-0.3, -0.25) is 4.90 Å². The van der Waals surface area contributed by atoms with Gasteiger partial charge in [-0.05, 0) is 56.8 Å². The largest absolute Gasteiger partial charge is 0.347 e. The number of carbonyl (C=O) groups excluding carboxylic acids is 1. The summed E-state index contributed by atoms with van der Waals surface area (Å²) in [6.07, 6.45) is 3.47. The molecule has 4 heterocycles. The van der Waals surface area contributed by atoms with Crippen LogP contribution in [-0.2, 0) is 5.41 Å². The maximum atomic E-state index is 12.8. The molecule has 1 aromatic carbocycles. The number of benzene rings is 1. The summed E-state index contributed by atoms with van der Waals surface area (Å²) in [6.45, 7) is 8.32. The van der Waals surface area contributed by atoms with Crippen LogP contribution in [0.2, 0.25) is 0 Å². The van der Waals surface area contributed by atoms with Gasteiger partial charge >= 0.3 is 6.03 Å². The predicted molar refractivity (Wildman–Crippen MR) is 125 cm³/mol. The summed E-state index contributed by atoms with van der Waals surface area (Å²) in [5.74, 6) is 1.57. The van der Waals surface area contributed by atoms with E-state index in [1.807, 2.05) is 32.0 Å². The van der Waals surface area contributed by atoms with Crippen molar-refractivity contribution in [1.82, 2.24) is 19.2 Å². The Labute approximate surface area is 188 Å². The van der Waals surface area contributed by atoms with Crippen molar-refractivity contribution >= 4 is 28.4 Å². The summed E-state index contributed by atoms with van der Waals surface area (Å²) in [5.41, 5.74) is 2.57. The van der Waals surface area contributed by atoms with Crippen LogP contribution in [0.5, 0.6) is 0 Å². The first-order chi connectivity index (χ1) is 14.9. The number of urea groups is 1. The molecule has 0 radical (unpaired) electrons. The highest BCUT2D eigenvalue weighted by molar-refractivity contribution is 7.09. The van der Waals surface area contributed by atoms with E-state index in [0.29, 0.717) is 5.92 Å². The van der Waals surface area contributed by atoms with E-state index in [4.69, 9.17) is 0 Å². The zero-order valence-corrected chi connectivity index (χ0v) is 19.6. The van der Waals surface area contributed by atoms with Gasteiger partial charge in [-0.1, -0.05) is 18.2 Å². The smallest absolute Gasteiger partial charge is 0.323 e. The molecule has 1 atom stereocenters. The third-order valence-corrected chi connectivity index (χ3v) is 8.11. The molecule has 5 rings (SSSR count).